The second-order valence-corrected chi connectivity index (χ2v) is 3.19. The van der Waals surface area contributed by atoms with Crippen LogP contribution in [0.5, 0.6) is 0 Å². The summed E-state index contributed by atoms with van der Waals surface area (Å²) in [6.45, 7) is 2.19. The molecule has 0 atom stereocenters. The predicted molar refractivity (Wildman–Crippen MR) is 48.5 cm³/mol. The van der Waals surface area contributed by atoms with Crippen LogP contribution in [0.4, 0.5) is 0 Å². The monoisotopic (exact) mass is 185 g/mol. The van der Waals surface area contributed by atoms with Crippen LogP contribution in [0.3, 0.4) is 0 Å². The van der Waals surface area contributed by atoms with Gasteiger partial charge in [-0.3, -0.25) is 4.79 Å². The van der Waals surface area contributed by atoms with E-state index in [1.165, 1.54) is 11.3 Å². The van der Waals surface area contributed by atoms with Crippen molar-refractivity contribution in [3.8, 4) is 0 Å². The average molecular weight is 185 g/mol. The minimum atomic E-state index is -0.109. The van der Waals surface area contributed by atoms with Crippen LogP contribution < -0.4 is 5.32 Å². The first kappa shape index (κ1) is 9.22. The van der Waals surface area contributed by atoms with E-state index in [1.807, 2.05) is 17.7 Å². The molecule has 0 spiro atoms. The topological polar surface area (TPSA) is 49.3 Å². The van der Waals surface area contributed by atoms with Crippen LogP contribution in [0.1, 0.15) is 15.9 Å². The third-order valence-corrected chi connectivity index (χ3v) is 2.36. The average Bonchev–Trinajstić information content (AvgIpc) is 2.47. The molecular weight excluding hydrogens is 174 g/mol. The zero-order valence-corrected chi connectivity index (χ0v) is 7.65. The zero-order valence-electron chi connectivity index (χ0n) is 6.83. The highest BCUT2D eigenvalue weighted by Gasteiger charge is 2.07. The van der Waals surface area contributed by atoms with Crippen molar-refractivity contribution in [3.63, 3.8) is 0 Å². The molecule has 1 heterocycles. The van der Waals surface area contributed by atoms with E-state index in [1.54, 1.807) is 0 Å². The van der Waals surface area contributed by atoms with E-state index in [9.17, 15) is 4.79 Å². The molecule has 0 radical (unpaired) electrons. The number of amides is 1. The summed E-state index contributed by atoms with van der Waals surface area (Å²) in [6.07, 6.45) is 0. The van der Waals surface area contributed by atoms with Gasteiger partial charge in [0, 0.05) is 11.9 Å². The number of carbonyl (C=O) groups excluding carboxylic acids is 1. The minimum absolute atomic E-state index is 0.0189. The fourth-order valence-corrected chi connectivity index (χ4v) is 1.69. The Labute approximate surface area is 75.0 Å². The molecule has 3 nitrogen and oxygen atoms in total. The maximum absolute atomic E-state index is 11.3. The van der Waals surface area contributed by atoms with Crippen molar-refractivity contribution in [3.05, 3.63) is 21.9 Å². The standard InChI is InChI=1S/C8H11NO2S/c1-6-4-12-5-7(6)8(11)9-2-3-10/h4-5,10H,2-3H2,1H3,(H,9,11). The van der Waals surface area contributed by atoms with Gasteiger partial charge in [-0.15, -0.1) is 0 Å². The van der Waals surface area contributed by atoms with E-state index in [4.69, 9.17) is 5.11 Å². The zero-order chi connectivity index (χ0) is 8.97. The largest absolute Gasteiger partial charge is 0.395 e. The molecule has 0 saturated heterocycles. The lowest BCUT2D eigenvalue weighted by Crippen LogP contribution is -2.26. The highest BCUT2D eigenvalue weighted by atomic mass is 32.1. The number of hydrogen-bond acceptors (Lipinski definition) is 3. The number of aliphatic hydroxyl groups excluding tert-OH is 1. The molecule has 4 heteroatoms. The Balaban J connectivity index is 2.59. The van der Waals surface area contributed by atoms with Crippen LogP contribution in [-0.2, 0) is 0 Å². The summed E-state index contributed by atoms with van der Waals surface area (Å²) in [4.78, 5) is 11.3. The van der Waals surface area contributed by atoms with Gasteiger partial charge in [0.25, 0.3) is 5.91 Å². The molecule has 0 aliphatic heterocycles. The van der Waals surface area contributed by atoms with E-state index in [0.717, 1.165) is 5.56 Å². The summed E-state index contributed by atoms with van der Waals surface area (Å²) in [5.41, 5.74) is 1.68. The van der Waals surface area contributed by atoms with Gasteiger partial charge in [0.2, 0.25) is 0 Å². The van der Waals surface area contributed by atoms with Gasteiger partial charge in [-0.05, 0) is 17.9 Å². The Morgan fingerprint density at radius 2 is 2.42 bits per heavy atom. The molecule has 1 aromatic rings. The van der Waals surface area contributed by atoms with Crippen LogP contribution in [-0.4, -0.2) is 24.2 Å². The quantitative estimate of drug-likeness (QED) is 0.731. The van der Waals surface area contributed by atoms with Crippen molar-refractivity contribution >= 4 is 17.2 Å². The molecule has 0 aliphatic rings. The number of aryl methyl sites for hydroxylation is 1. The molecule has 0 aromatic carbocycles. The Morgan fingerprint density at radius 3 is 2.92 bits per heavy atom. The predicted octanol–water partition coefficient (Wildman–Crippen LogP) is 0.779. The second-order valence-electron chi connectivity index (χ2n) is 2.45. The lowest BCUT2D eigenvalue weighted by Gasteiger charge is -2.01. The van der Waals surface area contributed by atoms with Gasteiger partial charge < -0.3 is 10.4 Å². The molecule has 1 amide bonds. The van der Waals surface area contributed by atoms with Gasteiger partial charge in [0.05, 0.1) is 12.2 Å². The van der Waals surface area contributed by atoms with Crippen LogP contribution in [0.2, 0.25) is 0 Å². The number of rotatable bonds is 3. The molecule has 12 heavy (non-hydrogen) atoms. The number of thiophene rings is 1. The van der Waals surface area contributed by atoms with Crippen LogP contribution in [0.25, 0.3) is 0 Å². The van der Waals surface area contributed by atoms with E-state index < -0.39 is 0 Å². The SMILES string of the molecule is Cc1cscc1C(=O)NCCO. The van der Waals surface area contributed by atoms with Crippen LogP contribution in [0, 0.1) is 6.92 Å². The first-order valence-corrected chi connectivity index (χ1v) is 4.62. The smallest absolute Gasteiger partial charge is 0.252 e. The number of nitrogens with one attached hydrogen (secondary N) is 1. The lowest BCUT2D eigenvalue weighted by atomic mass is 10.2. The summed E-state index contributed by atoms with van der Waals surface area (Å²) >= 11 is 1.50. The molecule has 0 bridgehead atoms. The summed E-state index contributed by atoms with van der Waals surface area (Å²) in [5.74, 6) is -0.109. The van der Waals surface area contributed by atoms with E-state index >= 15 is 0 Å². The first-order valence-electron chi connectivity index (χ1n) is 3.67. The Kier molecular flexibility index (Phi) is 3.25. The Hall–Kier alpha value is -0.870. The maximum atomic E-state index is 11.3. The normalized spacial score (nSPS) is 9.83. The molecule has 0 aliphatic carbocycles. The van der Waals surface area contributed by atoms with Crippen molar-refractivity contribution in [1.82, 2.24) is 5.32 Å². The number of hydrogen-bond donors (Lipinski definition) is 2. The molecule has 0 unspecified atom stereocenters. The Morgan fingerprint density at radius 1 is 1.67 bits per heavy atom. The minimum Gasteiger partial charge on any atom is -0.395 e. The van der Waals surface area contributed by atoms with Crippen molar-refractivity contribution in [2.45, 2.75) is 6.92 Å². The summed E-state index contributed by atoms with van der Waals surface area (Å²) in [6, 6.07) is 0. The van der Waals surface area contributed by atoms with Crippen LogP contribution >= 0.6 is 11.3 Å². The lowest BCUT2D eigenvalue weighted by molar-refractivity contribution is 0.0944. The van der Waals surface area contributed by atoms with E-state index in [0.29, 0.717) is 12.1 Å². The van der Waals surface area contributed by atoms with Gasteiger partial charge in [-0.1, -0.05) is 0 Å². The molecule has 1 aromatic heterocycles. The molecule has 0 fully saturated rings. The fourth-order valence-electron chi connectivity index (χ4n) is 0.858. The van der Waals surface area contributed by atoms with Gasteiger partial charge in [0.1, 0.15) is 0 Å². The third kappa shape index (κ3) is 2.06. The second kappa shape index (κ2) is 4.23. The van der Waals surface area contributed by atoms with Gasteiger partial charge >= 0.3 is 0 Å². The fraction of sp³-hybridized carbons (Fsp3) is 0.375. The molecule has 0 saturated carbocycles. The molecular formula is C8H11NO2S. The highest BCUT2D eigenvalue weighted by Crippen LogP contribution is 2.12. The summed E-state index contributed by atoms with van der Waals surface area (Å²) in [5, 5.41) is 14.8. The van der Waals surface area contributed by atoms with Crippen molar-refractivity contribution < 1.29 is 9.90 Å². The first-order chi connectivity index (χ1) is 5.75. The molecule has 1 rings (SSSR count). The van der Waals surface area contributed by atoms with E-state index in [2.05, 4.69) is 5.32 Å². The van der Waals surface area contributed by atoms with Crippen molar-refractivity contribution in [2.75, 3.05) is 13.2 Å². The summed E-state index contributed by atoms with van der Waals surface area (Å²) in [7, 11) is 0. The number of carbonyl (C=O) groups is 1. The highest BCUT2D eigenvalue weighted by molar-refractivity contribution is 7.08. The molecule has 2 N–H and O–H groups in total. The molecule has 66 valence electrons. The van der Waals surface area contributed by atoms with Gasteiger partial charge in [0.15, 0.2) is 0 Å². The Bertz CT molecular complexity index is 270. The van der Waals surface area contributed by atoms with Gasteiger partial charge in [-0.25, -0.2) is 0 Å². The summed E-state index contributed by atoms with van der Waals surface area (Å²) < 4.78 is 0. The number of aliphatic hydroxyl groups is 1. The van der Waals surface area contributed by atoms with Crippen molar-refractivity contribution in [2.24, 2.45) is 0 Å². The van der Waals surface area contributed by atoms with Crippen LogP contribution in [0.15, 0.2) is 10.8 Å². The van der Waals surface area contributed by atoms with Crippen molar-refractivity contribution in [1.29, 1.82) is 0 Å². The third-order valence-electron chi connectivity index (χ3n) is 1.50. The van der Waals surface area contributed by atoms with Gasteiger partial charge in [-0.2, -0.15) is 11.3 Å². The van der Waals surface area contributed by atoms with E-state index in [-0.39, 0.29) is 12.5 Å². The maximum Gasteiger partial charge on any atom is 0.252 e.